The summed E-state index contributed by atoms with van der Waals surface area (Å²) in [6.45, 7) is 0. The van der Waals surface area contributed by atoms with Crippen molar-refractivity contribution in [1.82, 2.24) is 24.1 Å². The van der Waals surface area contributed by atoms with Crippen LogP contribution in [0.15, 0.2) is 195 Å². The third-order valence-electron chi connectivity index (χ3n) is 11.5. The Bertz CT molecular complexity index is 3180. The molecule has 11 rings (SSSR count). The SMILES string of the molecule is COc1ccc2c(c1)c1cc(OC)ccc1n2-c1cc(N(c2ccc(-c3ccncc3)cc2)c2ccc(-c3ccncc3)cc2)cc(-n2c3ccccc3c3ccccc32)n1. The van der Waals surface area contributed by atoms with Gasteiger partial charge in [0.25, 0.3) is 0 Å². The van der Waals surface area contributed by atoms with Gasteiger partial charge < -0.3 is 14.4 Å². The number of ether oxygens (including phenoxy) is 2. The Morgan fingerprint density at radius 3 is 1.20 bits per heavy atom. The van der Waals surface area contributed by atoms with Crippen LogP contribution in [0.2, 0.25) is 0 Å². The first kappa shape index (κ1) is 35.9. The zero-order valence-corrected chi connectivity index (χ0v) is 33.5. The standard InChI is InChI=1S/C53H38N6O2/c1-60-42-19-21-50-46(33-42)47-34-43(61-2)20-22-51(47)59(50)53-32-41(31-52(56-53)58-48-9-5-3-7-44(48)45-8-4-6-10-49(45)58)57(39-15-11-35(12-16-39)37-23-27-54-28-24-37)40-17-13-36(14-18-40)38-25-29-55-30-26-38/h3-34H,1-2H3. The van der Waals surface area contributed by atoms with Crippen LogP contribution in [0.5, 0.6) is 11.5 Å². The number of benzene rings is 6. The lowest BCUT2D eigenvalue weighted by molar-refractivity contribution is 0.415. The molecule has 292 valence electrons. The maximum Gasteiger partial charge on any atom is 0.142 e. The van der Waals surface area contributed by atoms with Gasteiger partial charge in [0.15, 0.2) is 0 Å². The Morgan fingerprint density at radius 2 is 0.770 bits per heavy atom. The van der Waals surface area contributed by atoms with Crippen LogP contribution in [-0.2, 0) is 0 Å². The first-order valence-electron chi connectivity index (χ1n) is 20.1. The number of pyridine rings is 3. The van der Waals surface area contributed by atoms with Crippen LogP contribution < -0.4 is 14.4 Å². The van der Waals surface area contributed by atoms with E-state index in [0.29, 0.717) is 0 Å². The minimum atomic E-state index is 0.761. The van der Waals surface area contributed by atoms with E-state index in [2.05, 4.69) is 157 Å². The maximum atomic E-state index is 5.74. The molecular weight excluding hydrogens is 753 g/mol. The van der Waals surface area contributed by atoms with Gasteiger partial charge in [0.2, 0.25) is 0 Å². The van der Waals surface area contributed by atoms with E-state index in [4.69, 9.17) is 14.5 Å². The number of anilines is 3. The van der Waals surface area contributed by atoms with Crippen LogP contribution in [-0.4, -0.2) is 38.3 Å². The number of nitrogens with zero attached hydrogens (tertiary/aromatic N) is 6. The molecule has 0 aliphatic carbocycles. The van der Waals surface area contributed by atoms with Crippen LogP contribution in [0, 0.1) is 0 Å². The average molecular weight is 791 g/mol. The average Bonchev–Trinajstić information content (AvgIpc) is 3.85. The minimum absolute atomic E-state index is 0.761. The summed E-state index contributed by atoms with van der Waals surface area (Å²) in [5.74, 6) is 3.10. The summed E-state index contributed by atoms with van der Waals surface area (Å²) in [4.78, 5) is 16.4. The van der Waals surface area contributed by atoms with Crippen molar-refractivity contribution >= 4 is 60.7 Å². The van der Waals surface area contributed by atoms with E-state index in [1.807, 2.05) is 61.2 Å². The monoisotopic (exact) mass is 790 g/mol. The van der Waals surface area contributed by atoms with Crippen LogP contribution in [0.25, 0.3) is 77.5 Å². The van der Waals surface area contributed by atoms with E-state index >= 15 is 0 Å². The quantitative estimate of drug-likeness (QED) is 0.145. The molecule has 0 spiro atoms. The summed E-state index contributed by atoms with van der Waals surface area (Å²) in [5.41, 5.74) is 11.5. The molecule has 0 saturated heterocycles. The molecule has 0 amide bonds. The lowest BCUT2D eigenvalue weighted by Gasteiger charge is -2.27. The molecule has 6 aromatic carbocycles. The second kappa shape index (κ2) is 14.9. The number of para-hydroxylation sites is 2. The van der Waals surface area contributed by atoms with E-state index in [1.165, 1.54) is 0 Å². The van der Waals surface area contributed by atoms with Gasteiger partial charge in [-0.2, -0.15) is 0 Å². The summed E-state index contributed by atoms with van der Waals surface area (Å²) >= 11 is 0. The van der Waals surface area contributed by atoms with Gasteiger partial charge in [-0.1, -0.05) is 60.7 Å². The predicted molar refractivity (Wildman–Crippen MR) is 247 cm³/mol. The fourth-order valence-electron chi connectivity index (χ4n) is 8.64. The molecule has 0 saturated carbocycles. The molecule has 0 radical (unpaired) electrons. The fourth-order valence-corrected chi connectivity index (χ4v) is 8.64. The molecule has 0 fully saturated rings. The number of aromatic nitrogens is 5. The van der Waals surface area contributed by atoms with Gasteiger partial charge in [-0.25, -0.2) is 4.98 Å². The van der Waals surface area contributed by atoms with E-state index in [0.717, 1.165) is 106 Å². The van der Waals surface area contributed by atoms with Crippen molar-refractivity contribution in [3.8, 4) is 45.4 Å². The van der Waals surface area contributed by atoms with Gasteiger partial charge in [0.05, 0.1) is 42.0 Å². The molecule has 5 aromatic heterocycles. The molecule has 0 bridgehead atoms. The van der Waals surface area contributed by atoms with E-state index in [9.17, 15) is 0 Å². The van der Waals surface area contributed by atoms with Gasteiger partial charge in [0.1, 0.15) is 23.1 Å². The lowest BCUT2D eigenvalue weighted by Crippen LogP contribution is -2.13. The van der Waals surface area contributed by atoms with Crippen LogP contribution in [0.1, 0.15) is 0 Å². The number of hydrogen-bond donors (Lipinski definition) is 0. The largest absolute Gasteiger partial charge is 0.497 e. The van der Waals surface area contributed by atoms with Gasteiger partial charge in [-0.15, -0.1) is 0 Å². The molecule has 0 atom stereocenters. The Hall–Kier alpha value is -8.23. The Labute approximate surface area is 352 Å². The highest BCUT2D eigenvalue weighted by Gasteiger charge is 2.22. The van der Waals surface area contributed by atoms with Gasteiger partial charge in [-0.05, 0) is 119 Å². The highest BCUT2D eigenvalue weighted by atomic mass is 16.5. The number of methoxy groups -OCH3 is 2. The highest BCUT2D eigenvalue weighted by molar-refractivity contribution is 6.11. The summed E-state index contributed by atoms with van der Waals surface area (Å²) < 4.78 is 16.0. The van der Waals surface area contributed by atoms with Crippen molar-refractivity contribution in [2.24, 2.45) is 0 Å². The second-order valence-electron chi connectivity index (χ2n) is 14.9. The zero-order valence-electron chi connectivity index (χ0n) is 33.5. The smallest absolute Gasteiger partial charge is 0.142 e. The molecule has 0 aliphatic heterocycles. The van der Waals surface area contributed by atoms with Gasteiger partial charge in [-0.3, -0.25) is 19.1 Å². The Balaban J connectivity index is 1.20. The fraction of sp³-hybridized carbons (Fsp3) is 0.0377. The summed E-state index contributed by atoms with van der Waals surface area (Å²) in [6.07, 6.45) is 7.32. The lowest BCUT2D eigenvalue weighted by atomic mass is 10.0. The highest BCUT2D eigenvalue weighted by Crippen LogP contribution is 2.42. The topological polar surface area (TPSA) is 70.2 Å². The van der Waals surface area contributed by atoms with Crippen molar-refractivity contribution in [3.05, 3.63) is 195 Å². The molecule has 8 nitrogen and oxygen atoms in total. The van der Waals surface area contributed by atoms with Crippen LogP contribution >= 0.6 is 0 Å². The first-order valence-corrected chi connectivity index (χ1v) is 20.1. The molecular formula is C53H38N6O2. The maximum absolute atomic E-state index is 5.74. The van der Waals surface area contributed by atoms with Gasteiger partial charge >= 0.3 is 0 Å². The molecule has 0 aliphatic rings. The number of rotatable bonds is 9. The van der Waals surface area contributed by atoms with Crippen molar-refractivity contribution in [1.29, 1.82) is 0 Å². The second-order valence-corrected chi connectivity index (χ2v) is 14.9. The van der Waals surface area contributed by atoms with Crippen LogP contribution in [0.4, 0.5) is 17.1 Å². The summed E-state index contributed by atoms with van der Waals surface area (Å²) in [5, 5.41) is 4.40. The molecule has 61 heavy (non-hydrogen) atoms. The minimum Gasteiger partial charge on any atom is -0.497 e. The molecule has 8 heteroatoms. The first-order chi connectivity index (χ1) is 30.1. The molecule has 0 unspecified atom stereocenters. The number of fused-ring (bicyclic) bond motifs is 6. The van der Waals surface area contributed by atoms with Crippen molar-refractivity contribution < 1.29 is 9.47 Å². The number of hydrogen-bond acceptors (Lipinski definition) is 6. The summed E-state index contributed by atoms with van der Waals surface area (Å²) in [7, 11) is 3.40. The molecule has 11 aromatic rings. The van der Waals surface area contributed by atoms with Crippen molar-refractivity contribution in [3.63, 3.8) is 0 Å². The predicted octanol–water partition coefficient (Wildman–Crippen LogP) is 12.9. The van der Waals surface area contributed by atoms with Crippen molar-refractivity contribution in [2.45, 2.75) is 0 Å². The Morgan fingerprint density at radius 1 is 0.377 bits per heavy atom. The Kier molecular flexibility index (Phi) is 8.74. The van der Waals surface area contributed by atoms with Crippen LogP contribution in [0.3, 0.4) is 0 Å². The third-order valence-corrected chi connectivity index (χ3v) is 11.5. The van der Waals surface area contributed by atoms with E-state index in [-0.39, 0.29) is 0 Å². The summed E-state index contributed by atoms with van der Waals surface area (Å²) in [6, 6.07) is 59.5. The van der Waals surface area contributed by atoms with Gasteiger partial charge in [0, 0.05) is 69.8 Å². The van der Waals surface area contributed by atoms with E-state index < -0.39 is 0 Å². The normalized spacial score (nSPS) is 11.4. The third kappa shape index (κ3) is 6.20. The zero-order chi connectivity index (χ0) is 40.9. The molecule has 5 heterocycles. The molecule has 0 N–H and O–H groups in total. The van der Waals surface area contributed by atoms with E-state index in [1.54, 1.807) is 14.2 Å². The van der Waals surface area contributed by atoms with Crippen molar-refractivity contribution in [2.75, 3.05) is 19.1 Å².